The van der Waals surface area contributed by atoms with E-state index < -0.39 is 0 Å². The lowest BCUT2D eigenvalue weighted by Crippen LogP contribution is -2.38. The molecule has 0 N–H and O–H groups in total. The molecule has 0 spiro atoms. The minimum Gasteiger partial charge on any atom is -0.493 e. The van der Waals surface area contributed by atoms with E-state index >= 15 is 0 Å². The van der Waals surface area contributed by atoms with E-state index in [1.807, 2.05) is 53.4 Å². The van der Waals surface area contributed by atoms with Crippen LogP contribution >= 0.6 is 0 Å². The van der Waals surface area contributed by atoms with Gasteiger partial charge in [0.25, 0.3) is 0 Å². The number of hydrogen-bond acceptors (Lipinski definition) is 3. The molecule has 1 saturated heterocycles. The molecule has 0 unspecified atom stereocenters. The Morgan fingerprint density at radius 2 is 1.83 bits per heavy atom. The van der Waals surface area contributed by atoms with Gasteiger partial charge in [-0.25, -0.2) is 0 Å². The molecule has 1 aromatic carbocycles. The highest BCUT2D eigenvalue weighted by Gasteiger charge is 2.21. The molecule has 1 fully saturated rings. The summed E-state index contributed by atoms with van der Waals surface area (Å²) in [6, 6.07) is 13.7. The summed E-state index contributed by atoms with van der Waals surface area (Å²) in [6.45, 7) is 2.31. The second kappa shape index (κ2) is 8.29. The first kappa shape index (κ1) is 16.2. The molecule has 1 aliphatic heterocycles. The third-order valence-electron chi connectivity index (χ3n) is 4.28. The average molecular weight is 322 g/mol. The number of ether oxygens (including phenoxy) is 1. The summed E-state index contributed by atoms with van der Waals surface area (Å²) < 4.78 is 5.82. The van der Waals surface area contributed by atoms with E-state index in [1.54, 1.807) is 18.5 Å². The van der Waals surface area contributed by atoms with Crippen molar-refractivity contribution in [3.05, 3.63) is 66.5 Å². The van der Waals surface area contributed by atoms with Gasteiger partial charge in [0.15, 0.2) is 0 Å². The van der Waals surface area contributed by atoms with Gasteiger partial charge in [0.2, 0.25) is 5.91 Å². The van der Waals surface area contributed by atoms with Crippen LogP contribution in [0.4, 0.5) is 0 Å². The molecule has 3 rings (SSSR count). The summed E-state index contributed by atoms with van der Waals surface area (Å²) in [5.41, 5.74) is 0.990. The van der Waals surface area contributed by atoms with E-state index in [0.717, 1.165) is 43.9 Å². The molecule has 0 radical (unpaired) electrons. The highest BCUT2D eigenvalue weighted by Crippen LogP contribution is 2.19. The third kappa shape index (κ3) is 4.69. The van der Waals surface area contributed by atoms with Crippen LogP contribution in [-0.2, 0) is 4.79 Å². The Balaban J connectivity index is 1.43. The number of amides is 1. The zero-order valence-electron chi connectivity index (χ0n) is 13.7. The van der Waals surface area contributed by atoms with E-state index in [1.165, 1.54) is 0 Å². The lowest BCUT2D eigenvalue weighted by Gasteiger charge is -2.31. The molecule has 0 bridgehead atoms. The number of aromatic nitrogens is 1. The Bertz CT molecular complexity index is 663. The molecule has 2 heterocycles. The van der Waals surface area contributed by atoms with Crippen LogP contribution < -0.4 is 4.74 Å². The summed E-state index contributed by atoms with van der Waals surface area (Å²) in [4.78, 5) is 18.1. The summed E-state index contributed by atoms with van der Waals surface area (Å²) in [7, 11) is 0. The van der Waals surface area contributed by atoms with Gasteiger partial charge in [-0.1, -0.05) is 18.2 Å². The molecular formula is C20H22N2O2. The van der Waals surface area contributed by atoms with Crippen molar-refractivity contribution >= 4 is 12.0 Å². The van der Waals surface area contributed by atoms with Crippen LogP contribution in [0.2, 0.25) is 0 Å². The molecule has 4 heteroatoms. The van der Waals surface area contributed by atoms with Gasteiger partial charge in [0, 0.05) is 31.6 Å². The Morgan fingerprint density at radius 3 is 2.54 bits per heavy atom. The van der Waals surface area contributed by atoms with Crippen molar-refractivity contribution < 1.29 is 9.53 Å². The first-order valence-corrected chi connectivity index (χ1v) is 8.36. The van der Waals surface area contributed by atoms with Crippen LogP contribution in [-0.4, -0.2) is 35.5 Å². The third-order valence-corrected chi connectivity index (χ3v) is 4.28. The Morgan fingerprint density at radius 1 is 1.12 bits per heavy atom. The Labute approximate surface area is 142 Å². The van der Waals surface area contributed by atoms with Crippen molar-refractivity contribution in [2.45, 2.75) is 12.8 Å². The van der Waals surface area contributed by atoms with Crippen LogP contribution in [0.15, 0.2) is 60.9 Å². The molecule has 24 heavy (non-hydrogen) atoms. The first-order valence-electron chi connectivity index (χ1n) is 8.36. The Hall–Kier alpha value is -2.62. The monoisotopic (exact) mass is 322 g/mol. The van der Waals surface area contributed by atoms with Crippen LogP contribution in [0.3, 0.4) is 0 Å². The van der Waals surface area contributed by atoms with Crippen molar-refractivity contribution in [2.24, 2.45) is 5.92 Å². The molecule has 0 aliphatic carbocycles. The molecule has 1 aliphatic rings. The molecule has 1 aromatic heterocycles. The molecule has 0 saturated carbocycles. The first-order chi connectivity index (χ1) is 11.8. The molecular weight excluding hydrogens is 300 g/mol. The molecule has 4 nitrogen and oxygen atoms in total. The van der Waals surface area contributed by atoms with Gasteiger partial charge in [-0.2, -0.15) is 0 Å². The van der Waals surface area contributed by atoms with Crippen molar-refractivity contribution in [3.63, 3.8) is 0 Å². The fraction of sp³-hybridized carbons (Fsp3) is 0.300. The average Bonchev–Trinajstić information content (AvgIpc) is 2.66. The zero-order chi connectivity index (χ0) is 16.6. The summed E-state index contributed by atoms with van der Waals surface area (Å²) in [5.74, 6) is 1.50. The maximum Gasteiger partial charge on any atom is 0.246 e. The Kier molecular flexibility index (Phi) is 5.61. The maximum absolute atomic E-state index is 12.2. The second-order valence-corrected chi connectivity index (χ2v) is 6.01. The van der Waals surface area contributed by atoms with E-state index in [0.29, 0.717) is 5.92 Å². The number of pyridine rings is 1. The highest BCUT2D eigenvalue weighted by molar-refractivity contribution is 5.91. The number of likely N-dealkylation sites (tertiary alicyclic amines) is 1. The SMILES string of the molecule is O=C(/C=C\c1ccncc1)N1CCC(COc2ccccc2)CC1. The normalized spacial score (nSPS) is 15.6. The topological polar surface area (TPSA) is 42.4 Å². The van der Waals surface area contributed by atoms with E-state index in [4.69, 9.17) is 4.74 Å². The van der Waals surface area contributed by atoms with E-state index in [9.17, 15) is 4.79 Å². The predicted molar refractivity (Wildman–Crippen MR) is 94.5 cm³/mol. The van der Waals surface area contributed by atoms with Crippen LogP contribution in [0.5, 0.6) is 5.75 Å². The summed E-state index contributed by atoms with van der Waals surface area (Å²) >= 11 is 0. The largest absolute Gasteiger partial charge is 0.493 e. The van der Waals surface area contributed by atoms with Gasteiger partial charge >= 0.3 is 0 Å². The van der Waals surface area contributed by atoms with E-state index in [-0.39, 0.29) is 5.91 Å². The van der Waals surface area contributed by atoms with Crippen molar-refractivity contribution in [2.75, 3.05) is 19.7 Å². The maximum atomic E-state index is 12.2. The number of benzene rings is 1. The minimum atomic E-state index is 0.0780. The highest BCUT2D eigenvalue weighted by atomic mass is 16.5. The standard InChI is InChI=1S/C20H22N2O2/c23-20(7-6-17-8-12-21-13-9-17)22-14-10-18(11-15-22)16-24-19-4-2-1-3-5-19/h1-9,12-13,18H,10-11,14-16H2/b7-6-. The van der Waals surface area contributed by atoms with Gasteiger partial charge in [0.05, 0.1) is 6.61 Å². The van der Waals surface area contributed by atoms with Crippen LogP contribution in [0, 0.1) is 5.92 Å². The van der Waals surface area contributed by atoms with Crippen molar-refractivity contribution in [1.29, 1.82) is 0 Å². The lowest BCUT2D eigenvalue weighted by molar-refractivity contribution is -0.127. The number of carbonyl (C=O) groups is 1. The van der Waals surface area contributed by atoms with Crippen LogP contribution in [0.1, 0.15) is 18.4 Å². The van der Waals surface area contributed by atoms with Crippen molar-refractivity contribution in [3.8, 4) is 5.75 Å². The summed E-state index contributed by atoms with van der Waals surface area (Å²) in [6.07, 6.45) is 8.92. The molecule has 0 atom stereocenters. The smallest absolute Gasteiger partial charge is 0.246 e. The molecule has 2 aromatic rings. The minimum absolute atomic E-state index is 0.0780. The van der Waals surface area contributed by atoms with Gasteiger partial charge in [-0.3, -0.25) is 9.78 Å². The summed E-state index contributed by atoms with van der Waals surface area (Å²) in [5, 5.41) is 0. The fourth-order valence-electron chi connectivity index (χ4n) is 2.80. The number of para-hydroxylation sites is 1. The number of hydrogen-bond donors (Lipinski definition) is 0. The molecule has 124 valence electrons. The number of carbonyl (C=O) groups excluding carboxylic acids is 1. The van der Waals surface area contributed by atoms with E-state index in [2.05, 4.69) is 4.98 Å². The van der Waals surface area contributed by atoms with Crippen LogP contribution in [0.25, 0.3) is 6.08 Å². The van der Waals surface area contributed by atoms with Gasteiger partial charge in [-0.05, 0) is 54.7 Å². The number of rotatable bonds is 5. The zero-order valence-corrected chi connectivity index (χ0v) is 13.7. The van der Waals surface area contributed by atoms with Gasteiger partial charge in [-0.15, -0.1) is 0 Å². The second-order valence-electron chi connectivity index (χ2n) is 6.01. The van der Waals surface area contributed by atoms with Gasteiger partial charge < -0.3 is 9.64 Å². The predicted octanol–water partition coefficient (Wildman–Crippen LogP) is 3.41. The molecule has 1 amide bonds. The quantitative estimate of drug-likeness (QED) is 0.792. The number of piperidine rings is 1. The number of nitrogens with zero attached hydrogens (tertiary/aromatic N) is 2. The lowest BCUT2D eigenvalue weighted by atomic mass is 9.97. The van der Waals surface area contributed by atoms with Crippen molar-refractivity contribution in [1.82, 2.24) is 9.88 Å². The fourth-order valence-corrected chi connectivity index (χ4v) is 2.80. The van der Waals surface area contributed by atoms with Gasteiger partial charge in [0.1, 0.15) is 5.75 Å².